The average Bonchev–Trinajstić information content (AvgIpc) is 2.45. The van der Waals surface area contributed by atoms with Crippen LogP contribution in [0, 0.1) is 6.92 Å². The van der Waals surface area contributed by atoms with E-state index in [0.717, 1.165) is 5.69 Å². The second kappa shape index (κ2) is 4.90. The minimum absolute atomic E-state index is 0.104. The first-order chi connectivity index (χ1) is 10.0. The summed E-state index contributed by atoms with van der Waals surface area (Å²) in [5.41, 5.74) is 2.23. The maximum absolute atomic E-state index is 11.8. The predicted octanol–water partition coefficient (Wildman–Crippen LogP) is 2.18. The Balaban J connectivity index is 2.12. The van der Waals surface area contributed by atoms with Crippen molar-refractivity contribution in [1.29, 1.82) is 0 Å². The number of para-hydroxylation sites is 2. The van der Waals surface area contributed by atoms with Gasteiger partial charge in [0.05, 0.1) is 16.9 Å². The van der Waals surface area contributed by atoms with Gasteiger partial charge in [-0.05, 0) is 31.2 Å². The van der Waals surface area contributed by atoms with Crippen molar-refractivity contribution < 1.29 is 14.7 Å². The quantitative estimate of drug-likeness (QED) is 0.882. The first kappa shape index (κ1) is 13.1. The molecule has 106 valence electrons. The van der Waals surface area contributed by atoms with E-state index in [1.54, 1.807) is 17.9 Å². The molecule has 21 heavy (non-hydrogen) atoms. The summed E-state index contributed by atoms with van der Waals surface area (Å²) in [5, 5.41) is 11.9. The molecule has 1 amide bonds. The van der Waals surface area contributed by atoms with Crippen LogP contribution in [0.2, 0.25) is 0 Å². The van der Waals surface area contributed by atoms with Gasteiger partial charge < -0.3 is 15.3 Å². The van der Waals surface area contributed by atoms with Crippen LogP contribution < -0.4 is 10.2 Å². The van der Waals surface area contributed by atoms with Crippen LogP contribution in [-0.4, -0.2) is 28.5 Å². The number of aryl methyl sites for hydroxylation is 1. The molecule has 0 saturated carbocycles. The van der Waals surface area contributed by atoms with E-state index in [-0.39, 0.29) is 18.0 Å². The fourth-order valence-electron chi connectivity index (χ4n) is 2.35. The summed E-state index contributed by atoms with van der Waals surface area (Å²) in [6.07, 6.45) is 0. The zero-order valence-electron chi connectivity index (χ0n) is 11.3. The van der Waals surface area contributed by atoms with Crippen molar-refractivity contribution in [2.45, 2.75) is 6.92 Å². The summed E-state index contributed by atoms with van der Waals surface area (Å²) in [5.74, 6) is -0.722. The van der Waals surface area contributed by atoms with Crippen LogP contribution >= 0.6 is 0 Å². The molecule has 1 aliphatic heterocycles. The van der Waals surface area contributed by atoms with Gasteiger partial charge in [0.2, 0.25) is 5.91 Å². The van der Waals surface area contributed by atoms with Crippen molar-refractivity contribution in [3.63, 3.8) is 0 Å². The largest absolute Gasteiger partial charge is 0.478 e. The van der Waals surface area contributed by atoms with E-state index in [9.17, 15) is 9.59 Å². The number of carboxylic acid groups (broad SMARTS) is 1. The number of nitrogens with one attached hydrogen (secondary N) is 1. The van der Waals surface area contributed by atoms with Crippen LogP contribution in [0.4, 0.5) is 17.2 Å². The molecule has 0 bridgehead atoms. The summed E-state index contributed by atoms with van der Waals surface area (Å²) in [6.45, 7) is 1.83. The van der Waals surface area contributed by atoms with Gasteiger partial charge >= 0.3 is 5.97 Å². The number of hydrogen-bond acceptors (Lipinski definition) is 4. The van der Waals surface area contributed by atoms with Crippen LogP contribution in [0.15, 0.2) is 36.4 Å². The molecule has 1 aromatic carbocycles. The van der Waals surface area contributed by atoms with Crippen LogP contribution in [-0.2, 0) is 4.79 Å². The fourth-order valence-corrected chi connectivity index (χ4v) is 2.35. The number of fused-ring (bicyclic) bond motifs is 1. The topological polar surface area (TPSA) is 82.5 Å². The lowest BCUT2D eigenvalue weighted by Crippen LogP contribution is -2.35. The lowest BCUT2D eigenvalue weighted by Gasteiger charge is -2.30. The van der Waals surface area contributed by atoms with E-state index in [4.69, 9.17) is 5.11 Å². The lowest BCUT2D eigenvalue weighted by molar-refractivity contribution is -0.115. The molecule has 1 aliphatic rings. The van der Waals surface area contributed by atoms with Crippen molar-refractivity contribution in [1.82, 2.24) is 4.98 Å². The fraction of sp³-hybridized carbons (Fsp3) is 0.133. The molecule has 6 heteroatoms. The van der Waals surface area contributed by atoms with Gasteiger partial charge in [-0.25, -0.2) is 9.78 Å². The SMILES string of the molecule is Cc1cc(C(=O)O)cc(N2CC(=O)Nc3ccccc32)n1. The summed E-state index contributed by atoms with van der Waals surface area (Å²) < 4.78 is 0. The zero-order chi connectivity index (χ0) is 15.0. The van der Waals surface area contributed by atoms with E-state index >= 15 is 0 Å². The molecular formula is C15H13N3O3. The lowest BCUT2D eigenvalue weighted by atomic mass is 10.1. The van der Waals surface area contributed by atoms with Crippen LogP contribution in [0.3, 0.4) is 0 Å². The van der Waals surface area contributed by atoms with E-state index in [0.29, 0.717) is 17.2 Å². The molecule has 2 aromatic rings. The van der Waals surface area contributed by atoms with Gasteiger partial charge in [0.1, 0.15) is 12.4 Å². The smallest absolute Gasteiger partial charge is 0.335 e. The summed E-state index contributed by atoms with van der Waals surface area (Å²) >= 11 is 0. The van der Waals surface area contributed by atoms with E-state index in [1.807, 2.05) is 18.2 Å². The molecule has 0 aliphatic carbocycles. The summed E-state index contributed by atoms with van der Waals surface area (Å²) in [6, 6.07) is 10.3. The second-order valence-corrected chi connectivity index (χ2v) is 4.81. The van der Waals surface area contributed by atoms with E-state index < -0.39 is 5.97 Å². The standard InChI is InChI=1S/C15H13N3O3/c1-9-6-10(15(20)21)7-13(16-9)18-8-14(19)17-11-4-2-3-5-12(11)18/h2-7H,8H2,1H3,(H,17,19)(H,20,21). The first-order valence-corrected chi connectivity index (χ1v) is 6.43. The Bertz CT molecular complexity index is 743. The van der Waals surface area contributed by atoms with E-state index in [2.05, 4.69) is 10.3 Å². The van der Waals surface area contributed by atoms with Crippen molar-refractivity contribution in [2.24, 2.45) is 0 Å². The Morgan fingerprint density at radius 3 is 2.86 bits per heavy atom. The van der Waals surface area contributed by atoms with Crippen LogP contribution in [0.1, 0.15) is 16.1 Å². The Morgan fingerprint density at radius 2 is 2.10 bits per heavy atom. The molecule has 3 rings (SSSR count). The average molecular weight is 283 g/mol. The van der Waals surface area contributed by atoms with Crippen molar-refractivity contribution in [3.8, 4) is 0 Å². The molecule has 0 spiro atoms. The molecule has 0 saturated heterocycles. The van der Waals surface area contributed by atoms with Crippen molar-refractivity contribution in [2.75, 3.05) is 16.8 Å². The number of nitrogens with zero attached hydrogens (tertiary/aromatic N) is 2. The van der Waals surface area contributed by atoms with Crippen LogP contribution in [0.5, 0.6) is 0 Å². The molecular weight excluding hydrogens is 270 g/mol. The maximum atomic E-state index is 11.8. The Morgan fingerprint density at radius 1 is 1.33 bits per heavy atom. The van der Waals surface area contributed by atoms with E-state index in [1.165, 1.54) is 12.1 Å². The third-order valence-corrected chi connectivity index (χ3v) is 3.23. The number of carboxylic acids is 1. The van der Waals surface area contributed by atoms with Crippen molar-refractivity contribution >= 4 is 29.1 Å². The number of hydrogen-bond donors (Lipinski definition) is 2. The molecule has 2 heterocycles. The zero-order valence-corrected chi connectivity index (χ0v) is 11.3. The molecule has 1 aromatic heterocycles. The number of rotatable bonds is 2. The molecule has 0 radical (unpaired) electrons. The number of carbonyl (C=O) groups is 2. The highest BCUT2D eigenvalue weighted by Gasteiger charge is 2.24. The summed E-state index contributed by atoms with van der Waals surface area (Å²) in [7, 11) is 0. The van der Waals surface area contributed by atoms with Gasteiger partial charge in [0.15, 0.2) is 0 Å². The summed E-state index contributed by atoms with van der Waals surface area (Å²) in [4.78, 5) is 29.1. The number of benzene rings is 1. The Hall–Kier alpha value is -2.89. The normalized spacial score (nSPS) is 13.6. The van der Waals surface area contributed by atoms with Gasteiger partial charge in [-0.15, -0.1) is 0 Å². The minimum atomic E-state index is -1.02. The first-order valence-electron chi connectivity index (χ1n) is 6.43. The highest BCUT2D eigenvalue weighted by atomic mass is 16.4. The number of anilines is 3. The monoisotopic (exact) mass is 283 g/mol. The Labute approximate surface area is 121 Å². The van der Waals surface area contributed by atoms with Gasteiger partial charge in [0, 0.05) is 5.69 Å². The third kappa shape index (κ3) is 2.43. The highest BCUT2D eigenvalue weighted by Crippen LogP contribution is 2.34. The van der Waals surface area contributed by atoms with Gasteiger partial charge in [0.25, 0.3) is 0 Å². The number of amides is 1. The van der Waals surface area contributed by atoms with Gasteiger partial charge in [-0.2, -0.15) is 0 Å². The maximum Gasteiger partial charge on any atom is 0.335 e. The molecule has 0 fully saturated rings. The predicted molar refractivity (Wildman–Crippen MR) is 78.0 cm³/mol. The number of aromatic nitrogens is 1. The molecule has 6 nitrogen and oxygen atoms in total. The minimum Gasteiger partial charge on any atom is -0.478 e. The number of aromatic carboxylic acids is 1. The number of pyridine rings is 1. The molecule has 0 atom stereocenters. The van der Waals surface area contributed by atoms with Crippen LogP contribution in [0.25, 0.3) is 0 Å². The Kier molecular flexibility index (Phi) is 3.06. The highest BCUT2D eigenvalue weighted by molar-refractivity contribution is 6.03. The van der Waals surface area contributed by atoms with Crippen molar-refractivity contribution in [3.05, 3.63) is 47.7 Å². The van der Waals surface area contributed by atoms with Gasteiger partial charge in [-0.1, -0.05) is 12.1 Å². The second-order valence-electron chi connectivity index (χ2n) is 4.81. The van der Waals surface area contributed by atoms with Gasteiger partial charge in [-0.3, -0.25) is 4.79 Å². The molecule has 2 N–H and O–H groups in total. The number of carbonyl (C=O) groups excluding carboxylic acids is 1. The third-order valence-electron chi connectivity index (χ3n) is 3.23. The molecule has 0 unspecified atom stereocenters.